The standard InChI is InChI=1S/C20H19ClN6O3/c1-22-19(28)12-5-6-17(23-11-12)27-9-7-16(26-27)25-20(29)24-15-8-10-30-18-13(15)3-2-4-14(18)21/h2-7,9,11,15H,8,10H2,1H3,(H,22,28)(H2,24,25,26,29)/t15-/m0/s1. The summed E-state index contributed by atoms with van der Waals surface area (Å²) in [7, 11) is 1.56. The van der Waals surface area contributed by atoms with Crippen LogP contribution >= 0.6 is 11.6 Å². The van der Waals surface area contributed by atoms with Crippen molar-refractivity contribution in [1.29, 1.82) is 0 Å². The first kappa shape index (κ1) is 19.7. The van der Waals surface area contributed by atoms with Gasteiger partial charge < -0.3 is 15.4 Å². The number of hydrogen-bond donors (Lipinski definition) is 3. The van der Waals surface area contributed by atoms with Gasteiger partial charge in [-0.3, -0.25) is 10.1 Å². The van der Waals surface area contributed by atoms with Gasteiger partial charge in [0.05, 0.1) is 23.2 Å². The fourth-order valence-electron chi connectivity index (χ4n) is 3.17. The fraction of sp³-hybridized carbons (Fsp3) is 0.200. The van der Waals surface area contributed by atoms with Crippen LogP contribution in [-0.4, -0.2) is 40.4 Å². The Bertz CT molecular complexity index is 1080. The highest BCUT2D eigenvalue weighted by molar-refractivity contribution is 6.32. The fourth-order valence-corrected chi connectivity index (χ4v) is 3.40. The van der Waals surface area contributed by atoms with Gasteiger partial charge in [-0.15, -0.1) is 5.10 Å². The molecule has 0 bridgehead atoms. The zero-order valence-corrected chi connectivity index (χ0v) is 16.8. The average Bonchev–Trinajstić information content (AvgIpc) is 3.22. The maximum atomic E-state index is 12.5. The summed E-state index contributed by atoms with van der Waals surface area (Å²) >= 11 is 6.18. The molecule has 9 nitrogen and oxygen atoms in total. The highest BCUT2D eigenvalue weighted by atomic mass is 35.5. The van der Waals surface area contributed by atoms with E-state index in [9.17, 15) is 9.59 Å². The van der Waals surface area contributed by atoms with E-state index in [0.29, 0.717) is 41.0 Å². The van der Waals surface area contributed by atoms with Crippen LogP contribution in [0.3, 0.4) is 0 Å². The molecule has 3 amide bonds. The van der Waals surface area contributed by atoms with Gasteiger partial charge in [0.1, 0.15) is 5.75 Å². The smallest absolute Gasteiger partial charge is 0.320 e. The highest BCUT2D eigenvalue weighted by Gasteiger charge is 2.24. The second-order valence-electron chi connectivity index (χ2n) is 6.58. The first-order chi connectivity index (χ1) is 14.5. The predicted molar refractivity (Wildman–Crippen MR) is 111 cm³/mol. The Morgan fingerprint density at radius 2 is 2.10 bits per heavy atom. The van der Waals surface area contributed by atoms with E-state index in [1.807, 2.05) is 12.1 Å². The topological polar surface area (TPSA) is 110 Å². The molecule has 30 heavy (non-hydrogen) atoms. The molecule has 0 saturated heterocycles. The predicted octanol–water partition coefficient (Wildman–Crippen LogP) is 2.93. The molecule has 1 atom stereocenters. The van der Waals surface area contributed by atoms with Crippen LogP contribution in [0.15, 0.2) is 48.8 Å². The number of hydrogen-bond acceptors (Lipinski definition) is 5. The number of pyridine rings is 1. The van der Waals surface area contributed by atoms with E-state index in [1.165, 1.54) is 10.9 Å². The lowest BCUT2D eigenvalue weighted by Gasteiger charge is -2.27. The molecule has 2 aromatic heterocycles. The van der Waals surface area contributed by atoms with Crippen molar-refractivity contribution < 1.29 is 14.3 Å². The summed E-state index contributed by atoms with van der Waals surface area (Å²) in [5, 5.41) is 13.0. The zero-order chi connectivity index (χ0) is 21.1. The molecule has 4 rings (SSSR count). The number of benzene rings is 1. The van der Waals surface area contributed by atoms with Crippen molar-refractivity contribution in [1.82, 2.24) is 25.4 Å². The van der Waals surface area contributed by atoms with Crippen LogP contribution in [0.5, 0.6) is 5.75 Å². The normalized spacial score (nSPS) is 14.9. The van der Waals surface area contributed by atoms with Crippen molar-refractivity contribution in [3.05, 3.63) is 64.9 Å². The van der Waals surface area contributed by atoms with Gasteiger partial charge in [-0.25, -0.2) is 14.5 Å². The van der Waals surface area contributed by atoms with Crippen molar-refractivity contribution in [2.45, 2.75) is 12.5 Å². The largest absolute Gasteiger partial charge is 0.492 e. The number of para-hydroxylation sites is 1. The molecule has 1 aliphatic rings. The third kappa shape index (κ3) is 4.06. The molecule has 1 aromatic carbocycles. The van der Waals surface area contributed by atoms with E-state index in [-0.39, 0.29) is 18.0 Å². The van der Waals surface area contributed by atoms with E-state index >= 15 is 0 Å². The number of nitrogens with one attached hydrogen (secondary N) is 3. The van der Waals surface area contributed by atoms with E-state index < -0.39 is 0 Å². The second-order valence-corrected chi connectivity index (χ2v) is 6.98. The summed E-state index contributed by atoms with van der Waals surface area (Å²) in [5.74, 6) is 1.27. The summed E-state index contributed by atoms with van der Waals surface area (Å²) in [6.07, 6.45) is 3.77. The molecule has 3 aromatic rings. The monoisotopic (exact) mass is 426 g/mol. The van der Waals surface area contributed by atoms with E-state index in [0.717, 1.165) is 5.56 Å². The number of fused-ring (bicyclic) bond motifs is 1. The van der Waals surface area contributed by atoms with Crippen LogP contribution in [0, 0.1) is 0 Å². The number of aromatic nitrogens is 3. The molecule has 0 fully saturated rings. The maximum absolute atomic E-state index is 12.5. The van der Waals surface area contributed by atoms with Gasteiger partial charge in [-0.1, -0.05) is 23.7 Å². The number of rotatable bonds is 4. The number of halogens is 1. The molecule has 3 heterocycles. The first-order valence-electron chi connectivity index (χ1n) is 9.28. The SMILES string of the molecule is CNC(=O)c1ccc(-n2ccc(NC(=O)N[C@H]3CCOc4c(Cl)cccc43)n2)nc1. The molecule has 0 saturated carbocycles. The number of carbonyl (C=O) groups excluding carboxylic acids is 2. The third-order valence-corrected chi connectivity index (χ3v) is 4.93. The molecular weight excluding hydrogens is 408 g/mol. The van der Waals surface area contributed by atoms with Crippen molar-refractivity contribution in [3.63, 3.8) is 0 Å². The Kier molecular flexibility index (Phi) is 5.53. The summed E-state index contributed by atoms with van der Waals surface area (Å²) < 4.78 is 7.12. The summed E-state index contributed by atoms with van der Waals surface area (Å²) in [6, 6.07) is 9.84. The van der Waals surface area contributed by atoms with Crippen LogP contribution in [-0.2, 0) is 0 Å². The Balaban J connectivity index is 1.42. The van der Waals surface area contributed by atoms with Crippen LogP contribution in [0.2, 0.25) is 5.02 Å². The number of amides is 3. The molecule has 0 unspecified atom stereocenters. The second kappa shape index (κ2) is 8.42. The van der Waals surface area contributed by atoms with Crippen LogP contribution in [0.1, 0.15) is 28.4 Å². The van der Waals surface area contributed by atoms with Gasteiger partial charge in [-0.05, 0) is 18.2 Å². The Hall–Kier alpha value is -3.59. The van der Waals surface area contributed by atoms with Crippen molar-refractivity contribution in [2.75, 3.05) is 19.0 Å². The van der Waals surface area contributed by atoms with Crippen molar-refractivity contribution >= 4 is 29.4 Å². The Morgan fingerprint density at radius 3 is 2.87 bits per heavy atom. The minimum absolute atomic E-state index is 0.214. The van der Waals surface area contributed by atoms with Gasteiger partial charge in [0.25, 0.3) is 5.91 Å². The van der Waals surface area contributed by atoms with Gasteiger partial charge in [0.2, 0.25) is 0 Å². The van der Waals surface area contributed by atoms with E-state index in [4.69, 9.17) is 16.3 Å². The molecular formula is C20H19ClN6O3. The van der Waals surface area contributed by atoms with Gasteiger partial charge in [0.15, 0.2) is 11.6 Å². The summed E-state index contributed by atoms with van der Waals surface area (Å²) in [5.41, 5.74) is 1.29. The molecule has 3 N–H and O–H groups in total. The number of anilines is 1. The number of nitrogens with zero attached hydrogens (tertiary/aromatic N) is 3. The third-order valence-electron chi connectivity index (χ3n) is 4.63. The Morgan fingerprint density at radius 1 is 1.23 bits per heavy atom. The lowest BCUT2D eigenvalue weighted by Crippen LogP contribution is -2.35. The highest BCUT2D eigenvalue weighted by Crippen LogP contribution is 2.37. The lowest BCUT2D eigenvalue weighted by molar-refractivity contribution is 0.0962. The molecule has 0 aliphatic carbocycles. The lowest BCUT2D eigenvalue weighted by atomic mass is 10.0. The van der Waals surface area contributed by atoms with E-state index in [2.05, 4.69) is 26.0 Å². The Labute approximate surface area is 177 Å². The molecule has 0 radical (unpaired) electrons. The molecule has 154 valence electrons. The minimum atomic E-state index is -0.388. The van der Waals surface area contributed by atoms with Crippen LogP contribution in [0.25, 0.3) is 5.82 Å². The zero-order valence-electron chi connectivity index (χ0n) is 16.1. The van der Waals surface area contributed by atoms with Gasteiger partial charge in [-0.2, -0.15) is 0 Å². The number of carbonyl (C=O) groups is 2. The number of ether oxygens (including phenoxy) is 1. The summed E-state index contributed by atoms with van der Waals surface area (Å²) in [4.78, 5) is 28.3. The molecule has 10 heteroatoms. The van der Waals surface area contributed by atoms with Gasteiger partial charge >= 0.3 is 6.03 Å². The summed E-state index contributed by atoms with van der Waals surface area (Å²) in [6.45, 7) is 0.466. The minimum Gasteiger partial charge on any atom is -0.492 e. The van der Waals surface area contributed by atoms with E-state index in [1.54, 1.807) is 37.5 Å². The van der Waals surface area contributed by atoms with Crippen molar-refractivity contribution in [2.24, 2.45) is 0 Å². The van der Waals surface area contributed by atoms with Crippen LogP contribution < -0.4 is 20.7 Å². The molecule has 1 aliphatic heterocycles. The number of urea groups is 1. The first-order valence-corrected chi connectivity index (χ1v) is 9.66. The molecule has 0 spiro atoms. The van der Waals surface area contributed by atoms with Crippen LogP contribution in [0.4, 0.5) is 10.6 Å². The average molecular weight is 427 g/mol. The maximum Gasteiger partial charge on any atom is 0.320 e. The quantitative estimate of drug-likeness (QED) is 0.594. The van der Waals surface area contributed by atoms with Gasteiger partial charge in [0, 0.05) is 37.5 Å². The van der Waals surface area contributed by atoms with Crippen molar-refractivity contribution in [3.8, 4) is 11.6 Å².